The first-order valence-corrected chi connectivity index (χ1v) is 12.8. The molecule has 0 aromatic heterocycles. The number of thioether (sulfide) groups is 1. The highest BCUT2D eigenvalue weighted by molar-refractivity contribution is 8.18. The number of hydrogen-bond donors (Lipinski definition) is 0. The number of amides is 2. The molecule has 0 aliphatic carbocycles. The Hall–Kier alpha value is -3.46. The molecule has 37 heavy (non-hydrogen) atoms. The molecular formula is C27H21Cl2NO6S. The van der Waals surface area contributed by atoms with Gasteiger partial charge in [0.05, 0.1) is 23.6 Å². The molecule has 1 aliphatic rings. The lowest BCUT2D eigenvalue weighted by molar-refractivity contribution is -0.123. The lowest BCUT2D eigenvalue weighted by Crippen LogP contribution is -2.32. The first-order valence-electron chi connectivity index (χ1n) is 11.2. The van der Waals surface area contributed by atoms with E-state index in [2.05, 4.69) is 0 Å². The third kappa shape index (κ3) is 6.85. The molecule has 1 fully saturated rings. The lowest BCUT2D eigenvalue weighted by Gasteiger charge is -2.13. The number of hydrogen-bond acceptors (Lipinski definition) is 7. The van der Waals surface area contributed by atoms with E-state index in [-0.39, 0.29) is 29.0 Å². The summed E-state index contributed by atoms with van der Waals surface area (Å²) in [5.74, 6) is 0.172. The molecule has 1 aliphatic heterocycles. The van der Waals surface area contributed by atoms with Crippen molar-refractivity contribution < 1.29 is 28.6 Å². The first-order chi connectivity index (χ1) is 17.8. The number of ether oxygens (including phenoxy) is 3. The van der Waals surface area contributed by atoms with Crippen molar-refractivity contribution in [3.05, 3.63) is 92.8 Å². The van der Waals surface area contributed by atoms with Gasteiger partial charge in [-0.2, -0.15) is 0 Å². The average molecular weight is 558 g/mol. The number of halogens is 2. The molecule has 4 rings (SSSR count). The third-order valence-corrected chi connectivity index (χ3v) is 6.53. The summed E-state index contributed by atoms with van der Waals surface area (Å²) in [6.45, 7) is 2.39. The molecule has 1 heterocycles. The number of rotatable bonds is 9. The van der Waals surface area contributed by atoms with Crippen LogP contribution in [0, 0.1) is 0 Å². The van der Waals surface area contributed by atoms with Crippen LogP contribution in [0.25, 0.3) is 6.08 Å². The Labute approximate surface area is 227 Å². The zero-order valence-corrected chi connectivity index (χ0v) is 21.9. The summed E-state index contributed by atoms with van der Waals surface area (Å²) in [5.41, 5.74) is 0.947. The minimum absolute atomic E-state index is 0.106. The summed E-state index contributed by atoms with van der Waals surface area (Å²) in [6, 6.07) is 18.0. The highest BCUT2D eigenvalue weighted by Crippen LogP contribution is 2.35. The molecule has 1 saturated heterocycles. The Morgan fingerprint density at radius 2 is 1.59 bits per heavy atom. The van der Waals surface area contributed by atoms with Gasteiger partial charge in [-0.25, -0.2) is 4.79 Å². The van der Waals surface area contributed by atoms with Crippen molar-refractivity contribution in [1.82, 2.24) is 4.90 Å². The molecule has 0 unspecified atom stereocenters. The summed E-state index contributed by atoms with van der Waals surface area (Å²) >= 11 is 12.6. The SMILES string of the molecule is CCOc1cc(/C=C2\SC(=O)N(CCOc3ccc(Cl)cc3)C2=O)ccc1OC(=O)c1ccc(Cl)cc1. The van der Waals surface area contributed by atoms with Crippen molar-refractivity contribution in [3.63, 3.8) is 0 Å². The van der Waals surface area contributed by atoms with Gasteiger partial charge < -0.3 is 14.2 Å². The summed E-state index contributed by atoms with van der Waals surface area (Å²) in [5, 5.41) is 0.715. The highest BCUT2D eigenvalue weighted by Gasteiger charge is 2.34. The van der Waals surface area contributed by atoms with Gasteiger partial charge in [-0.05, 0) is 91.0 Å². The summed E-state index contributed by atoms with van der Waals surface area (Å²) < 4.78 is 16.8. The van der Waals surface area contributed by atoms with Crippen LogP contribution < -0.4 is 14.2 Å². The largest absolute Gasteiger partial charge is 0.492 e. The molecule has 0 radical (unpaired) electrons. The highest BCUT2D eigenvalue weighted by atomic mass is 35.5. The van der Waals surface area contributed by atoms with Crippen molar-refractivity contribution in [2.24, 2.45) is 0 Å². The zero-order valence-electron chi connectivity index (χ0n) is 19.6. The summed E-state index contributed by atoms with van der Waals surface area (Å²) in [6.07, 6.45) is 1.60. The van der Waals surface area contributed by atoms with Gasteiger partial charge in [-0.15, -0.1) is 0 Å². The van der Waals surface area contributed by atoms with E-state index in [1.54, 1.807) is 79.7 Å². The van der Waals surface area contributed by atoms with E-state index in [0.29, 0.717) is 39.3 Å². The molecule has 2 amide bonds. The number of carbonyl (C=O) groups excluding carboxylic acids is 3. The van der Waals surface area contributed by atoms with Gasteiger partial charge in [0.25, 0.3) is 11.1 Å². The minimum atomic E-state index is -0.563. The molecule has 10 heteroatoms. The molecule has 0 N–H and O–H groups in total. The molecule has 0 spiro atoms. The Morgan fingerprint density at radius 1 is 0.919 bits per heavy atom. The van der Waals surface area contributed by atoms with Crippen LogP contribution in [0.15, 0.2) is 71.6 Å². The van der Waals surface area contributed by atoms with Gasteiger partial charge in [-0.3, -0.25) is 14.5 Å². The minimum Gasteiger partial charge on any atom is -0.492 e. The molecule has 0 atom stereocenters. The average Bonchev–Trinajstić information content (AvgIpc) is 3.14. The maximum Gasteiger partial charge on any atom is 0.343 e. The Bertz CT molecular complexity index is 1340. The lowest BCUT2D eigenvalue weighted by atomic mass is 10.1. The van der Waals surface area contributed by atoms with Crippen LogP contribution in [0.1, 0.15) is 22.8 Å². The van der Waals surface area contributed by atoms with Gasteiger partial charge in [0.15, 0.2) is 11.5 Å². The molecule has 3 aromatic rings. The zero-order chi connectivity index (χ0) is 26.4. The van der Waals surface area contributed by atoms with Gasteiger partial charge in [-0.1, -0.05) is 29.3 Å². The second-order valence-corrected chi connectivity index (χ2v) is 9.54. The molecule has 3 aromatic carbocycles. The standard InChI is InChI=1S/C27H21Cl2NO6S/c1-2-34-23-15-17(3-12-22(23)36-26(32)18-4-6-19(28)7-5-18)16-24-25(31)30(27(33)37-24)13-14-35-21-10-8-20(29)9-11-21/h3-12,15-16H,2,13-14H2,1H3/b24-16-. The smallest absolute Gasteiger partial charge is 0.343 e. The Morgan fingerprint density at radius 3 is 2.27 bits per heavy atom. The summed E-state index contributed by atoms with van der Waals surface area (Å²) in [7, 11) is 0. The first kappa shape index (κ1) is 26.6. The molecule has 7 nitrogen and oxygen atoms in total. The van der Waals surface area contributed by atoms with Crippen molar-refractivity contribution in [2.75, 3.05) is 19.8 Å². The number of nitrogens with zero attached hydrogens (tertiary/aromatic N) is 1. The van der Waals surface area contributed by atoms with E-state index in [0.717, 1.165) is 16.7 Å². The number of imide groups is 1. The fourth-order valence-corrected chi connectivity index (χ4v) is 4.46. The normalized spacial score (nSPS) is 14.2. The second kappa shape index (κ2) is 12.2. The van der Waals surface area contributed by atoms with Gasteiger partial charge in [0.2, 0.25) is 0 Å². The second-order valence-electron chi connectivity index (χ2n) is 7.67. The number of esters is 1. The topological polar surface area (TPSA) is 82.1 Å². The quantitative estimate of drug-likeness (QED) is 0.164. The van der Waals surface area contributed by atoms with Crippen molar-refractivity contribution in [1.29, 1.82) is 0 Å². The van der Waals surface area contributed by atoms with Crippen LogP contribution in [0.2, 0.25) is 10.0 Å². The van der Waals surface area contributed by atoms with Crippen molar-refractivity contribution >= 4 is 58.2 Å². The monoisotopic (exact) mass is 557 g/mol. The van der Waals surface area contributed by atoms with Crippen LogP contribution in [-0.4, -0.2) is 41.8 Å². The predicted molar refractivity (Wildman–Crippen MR) is 144 cm³/mol. The third-order valence-electron chi connectivity index (χ3n) is 5.12. The van der Waals surface area contributed by atoms with E-state index >= 15 is 0 Å². The summed E-state index contributed by atoms with van der Waals surface area (Å²) in [4.78, 5) is 39.2. The Kier molecular flexibility index (Phi) is 8.76. The van der Waals surface area contributed by atoms with E-state index in [1.165, 1.54) is 0 Å². The van der Waals surface area contributed by atoms with Crippen LogP contribution in [0.5, 0.6) is 17.2 Å². The van der Waals surface area contributed by atoms with Crippen LogP contribution in [0.4, 0.5) is 4.79 Å². The number of benzene rings is 3. The van der Waals surface area contributed by atoms with Crippen LogP contribution in [-0.2, 0) is 4.79 Å². The van der Waals surface area contributed by atoms with E-state index in [9.17, 15) is 14.4 Å². The van der Waals surface area contributed by atoms with E-state index in [4.69, 9.17) is 37.4 Å². The van der Waals surface area contributed by atoms with E-state index < -0.39 is 11.9 Å². The number of carbonyl (C=O) groups is 3. The van der Waals surface area contributed by atoms with Crippen molar-refractivity contribution in [2.45, 2.75) is 6.92 Å². The maximum atomic E-state index is 12.8. The molecule has 190 valence electrons. The predicted octanol–water partition coefficient (Wildman–Crippen LogP) is 6.73. The van der Waals surface area contributed by atoms with Gasteiger partial charge in [0, 0.05) is 10.0 Å². The fraction of sp³-hybridized carbons (Fsp3) is 0.148. The van der Waals surface area contributed by atoms with Crippen LogP contribution in [0.3, 0.4) is 0 Å². The Balaban J connectivity index is 1.44. The molecule has 0 saturated carbocycles. The van der Waals surface area contributed by atoms with Gasteiger partial charge in [0.1, 0.15) is 12.4 Å². The molecular weight excluding hydrogens is 537 g/mol. The van der Waals surface area contributed by atoms with E-state index in [1.807, 2.05) is 0 Å². The maximum absolute atomic E-state index is 12.8. The van der Waals surface area contributed by atoms with Crippen LogP contribution >= 0.6 is 35.0 Å². The van der Waals surface area contributed by atoms with Gasteiger partial charge >= 0.3 is 5.97 Å². The fourth-order valence-electron chi connectivity index (χ4n) is 3.34. The molecule has 0 bridgehead atoms. The van der Waals surface area contributed by atoms with Crippen molar-refractivity contribution in [3.8, 4) is 17.2 Å².